The second-order valence-electron chi connectivity index (χ2n) is 7.49. The Labute approximate surface area is 148 Å². The summed E-state index contributed by atoms with van der Waals surface area (Å²) in [5, 5.41) is 0. The van der Waals surface area contributed by atoms with Crippen molar-refractivity contribution >= 4 is 17.6 Å². The van der Waals surface area contributed by atoms with Gasteiger partial charge >= 0.3 is 0 Å². The van der Waals surface area contributed by atoms with Crippen LogP contribution < -0.4 is 5.73 Å². The van der Waals surface area contributed by atoms with Crippen LogP contribution in [0.4, 0.5) is 5.82 Å². The predicted molar refractivity (Wildman–Crippen MR) is 96.8 cm³/mol. The first-order valence-electron chi connectivity index (χ1n) is 8.80. The predicted octanol–water partition coefficient (Wildman–Crippen LogP) is 2.08. The lowest BCUT2D eigenvalue weighted by Gasteiger charge is -2.38. The number of nitrogens with two attached hydrogens (primary N) is 1. The Balaban J connectivity index is 1.61. The van der Waals surface area contributed by atoms with Crippen LogP contribution in [0.15, 0.2) is 30.0 Å². The van der Waals surface area contributed by atoms with Gasteiger partial charge in [0.25, 0.3) is 5.91 Å². The number of carbonyl (C=O) groups excluding carboxylic acids is 2. The van der Waals surface area contributed by atoms with E-state index in [0.717, 1.165) is 19.4 Å². The van der Waals surface area contributed by atoms with Crippen molar-refractivity contribution in [2.24, 2.45) is 5.41 Å². The Hall–Kier alpha value is -2.37. The summed E-state index contributed by atoms with van der Waals surface area (Å²) in [5.74, 6) is 0.587. The van der Waals surface area contributed by atoms with Crippen LogP contribution in [0.5, 0.6) is 0 Å². The Bertz CT molecular complexity index is 701. The van der Waals surface area contributed by atoms with Gasteiger partial charge in [-0.25, -0.2) is 4.98 Å². The monoisotopic (exact) mass is 342 g/mol. The van der Waals surface area contributed by atoms with E-state index in [1.54, 1.807) is 18.3 Å². The first-order chi connectivity index (χ1) is 11.9. The Morgan fingerprint density at radius 2 is 2.08 bits per heavy atom. The molecule has 2 aliphatic heterocycles. The van der Waals surface area contributed by atoms with Crippen LogP contribution in [-0.4, -0.2) is 52.8 Å². The normalized spacial score (nSPS) is 19.4. The molecule has 0 atom stereocenters. The zero-order valence-electron chi connectivity index (χ0n) is 15.0. The van der Waals surface area contributed by atoms with E-state index in [1.165, 1.54) is 5.57 Å². The van der Waals surface area contributed by atoms with Crippen LogP contribution in [0.3, 0.4) is 0 Å². The van der Waals surface area contributed by atoms with Gasteiger partial charge in [-0.15, -0.1) is 0 Å². The summed E-state index contributed by atoms with van der Waals surface area (Å²) in [7, 11) is 0. The highest BCUT2D eigenvalue weighted by Gasteiger charge is 2.45. The summed E-state index contributed by atoms with van der Waals surface area (Å²) in [5.41, 5.74) is 7.51. The Morgan fingerprint density at radius 1 is 1.36 bits per heavy atom. The van der Waals surface area contributed by atoms with Gasteiger partial charge in [-0.1, -0.05) is 11.6 Å². The minimum atomic E-state index is -0.00493. The van der Waals surface area contributed by atoms with E-state index in [9.17, 15) is 9.59 Å². The summed E-state index contributed by atoms with van der Waals surface area (Å²) in [6, 6.07) is 3.32. The largest absolute Gasteiger partial charge is 0.384 e. The third kappa shape index (κ3) is 3.83. The van der Waals surface area contributed by atoms with Crippen molar-refractivity contribution in [3.05, 3.63) is 35.5 Å². The molecule has 2 amide bonds. The number of allylic oxidation sites excluding steroid dienone is 1. The number of anilines is 1. The molecule has 2 N–H and O–H groups in total. The van der Waals surface area contributed by atoms with Gasteiger partial charge in [0.1, 0.15) is 5.82 Å². The van der Waals surface area contributed by atoms with Crippen molar-refractivity contribution < 1.29 is 9.59 Å². The molecule has 25 heavy (non-hydrogen) atoms. The zero-order valence-corrected chi connectivity index (χ0v) is 15.0. The lowest BCUT2D eigenvalue weighted by Crippen LogP contribution is -2.44. The van der Waals surface area contributed by atoms with Crippen molar-refractivity contribution in [1.29, 1.82) is 0 Å². The number of pyridine rings is 1. The molecule has 2 saturated heterocycles. The molecule has 1 aromatic heterocycles. The number of aromatic nitrogens is 1. The third-order valence-corrected chi connectivity index (χ3v) is 5.26. The van der Waals surface area contributed by atoms with Crippen LogP contribution in [0.25, 0.3) is 0 Å². The van der Waals surface area contributed by atoms with E-state index in [-0.39, 0.29) is 17.2 Å². The number of hydrogen-bond donors (Lipinski definition) is 1. The molecule has 2 fully saturated rings. The van der Waals surface area contributed by atoms with Crippen molar-refractivity contribution in [2.45, 2.75) is 33.1 Å². The molecular weight excluding hydrogens is 316 g/mol. The molecule has 0 aromatic carbocycles. The van der Waals surface area contributed by atoms with Gasteiger partial charge in [-0.2, -0.15) is 0 Å². The molecule has 134 valence electrons. The van der Waals surface area contributed by atoms with Gasteiger partial charge in [0, 0.05) is 49.8 Å². The SMILES string of the molecule is CC(C)=CCN1CC2(CCN(C(=O)c3ccnc(N)c3)CC2)CC1=O. The van der Waals surface area contributed by atoms with E-state index in [0.29, 0.717) is 37.4 Å². The summed E-state index contributed by atoms with van der Waals surface area (Å²) in [4.78, 5) is 32.7. The van der Waals surface area contributed by atoms with Crippen molar-refractivity contribution in [3.63, 3.8) is 0 Å². The average Bonchev–Trinajstić information content (AvgIpc) is 2.88. The van der Waals surface area contributed by atoms with E-state index < -0.39 is 0 Å². The molecule has 0 unspecified atom stereocenters. The Morgan fingerprint density at radius 3 is 2.72 bits per heavy atom. The molecule has 6 nitrogen and oxygen atoms in total. The molecule has 0 bridgehead atoms. The maximum Gasteiger partial charge on any atom is 0.254 e. The Kier molecular flexibility index (Phi) is 4.79. The van der Waals surface area contributed by atoms with Crippen LogP contribution in [-0.2, 0) is 4.79 Å². The van der Waals surface area contributed by atoms with Gasteiger partial charge in [-0.3, -0.25) is 9.59 Å². The van der Waals surface area contributed by atoms with Gasteiger partial charge < -0.3 is 15.5 Å². The molecule has 3 rings (SSSR count). The van der Waals surface area contributed by atoms with Crippen molar-refractivity contribution in [1.82, 2.24) is 14.8 Å². The molecule has 2 aliphatic rings. The van der Waals surface area contributed by atoms with Crippen LogP contribution in [0.2, 0.25) is 0 Å². The number of nitrogen functional groups attached to an aromatic ring is 1. The highest BCUT2D eigenvalue weighted by Crippen LogP contribution is 2.41. The molecule has 0 radical (unpaired) electrons. The fraction of sp³-hybridized carbons (Fsp3) is 0.526. The molecule has 1 spiro atoms. The summed E-state index contributed by atoms with van der Waals surface area (Å²) >= 11 is 0. The molecule has 3 heterocycles. The standard InChI is InChI=1S/C19H26N4O2/c1-14(2)4-8-23-13-19(12-17(23)24)5-9-22(10-6-19)18(25)15-3-7-21-16(20)11-15/h3-4,7,11H,5-6,8-10,12-13H2,1-2H3,(H2,20,21). The smallest absolute Gasteiger partial charge is 0.254 e. The fourth-order valence-electron chi connectivity index (χ4n) is 3.72. The van der Waals surface area contributed by atoms with E-state index in [4.69, 9.17) is 5.73 Å². The second kappa shape index (κ2) is 6.86. The number of nitrogens with zero attached hydrogens (tertiary/aromatic N) is 3. The van der Waals surface area contributed by atoms with Gasteiger partial charge in [0.05, 0.1) is 0 Å². The van der Waals surface area contributed by atoms with Gasteiger partial charge in [0.15, 0.2) is 0 Å². The van der Waals surface area contributed by atoms with Crippen LogP contribution in [0, 0.1) is 5.41 Å². The highest BCUT2D eigenvalue weighted by atomic mass is 16.2. The molecule has 0 saturated carbocycles. The number of hydrogen-bond acceptors (Lipinski definition) is 4. The summed E-state index contributed by atoms with van der Waals surface area (Å²) in [6.45, 7) is 6.97. The molecule has 0 aliphatic carbocycles. The quantitative estimate of drug-likeness (QED) is 0.853. The van der Waals surface area contributed by atoms with E-state index in [2.05, 4.69) is 11.1 Å². The summed E-state index contributed by atoms with van der Waals surface area (Å²) < 4.78 is 0. The second-order valence-corrected chi connectivity index (χ2v) is 7.49. The van der Waals surface area contributed by atoms with Gasteiger partial charge in [0.2, 0.25) is 5.91 Å². The van der Waals surface area contributed by atoms with Crippen molar-refractivity contribution in [3.8, 4) is 0 Å². The number of amides is 2. The summed E-state index contributed by atoms with van der Waals surface area (Å²) in [6.07, 6.45) is 6.01. The first-order valence-corrected chi connectivity index (χ1v) is 8.80. The van der Waals surface area contributed by atoms with Crippen LogP contribution in [0.1, 0.15) is 43.5 Å². The fourth-order valence-corrected chi connectivity index (χ4v) is 3.72. The lowest BCUT2D eigenvalue weighted by atomic mass is 9.77. The highest BCUT2D eigenvalue weighted by molar-refractivity contribution is 5.94. The van der Waals surface area contributed by atoms with Crippen LogP contribution >= 0.6 is 0 Å². The third-order valence-electron chi connectivity index (χ3n) is 5.26. The number of carbonyl (C=O) groups is 2. The maximum absolute atomic E-state index is 12.6. The minimum Gasteiger partial charge on any atom is -0.384 e. The molecular formula is C19H26N4O2. The number of piperidine rings is 1. The van der Waals surface area contributed by atoms with Gasteiger partial charge in [-0.05, 0) is 38.8 Å². The zero-order chi connectivity index (χ0) is 18.0. The average molecular weight is 342 g/mol. The number of likely N-dealkylation sites (tertiary alicyclic amines) is 2. The van der Waals surface area contributed by atoms with Crippen molar-refractivity contribution in [2.75, 3.05) is 31.9 Å². The minimum absolute atomic E-state index is 0.00493. The topological polar surface area (TPSA) is 79.5 Å². The van der Waals surface area contributed by atoms with E-state index >= 15 is 0 Å². The number of rotatable bonds is 3. The lowest BCUT2D eigenvalue weighted by molar-refractivity contribution is -0.127. The maximum atomic E-state index is 12.6. The molecule has 1 aromatic rings. The molecule has 6 heteroatoms. The van der Waals surface area contributed by atoms with E-state index in [1.807, 2.05) is 23.6 Å². The first kappa shape index (κ1) is 17.5.